The number of nitrogens with zero attached hydrogens (tertiary/aromatic N) is 3. The van der Waals surface area contributed by atoms with Gasteiger partial charge in [0.05, 0.1) is 23.1 Å². The Hall–Kier alpha value is -1.75. The molecule has 1 aliphatic carbocycles. The average Bonchev–Trinajstić information content (AvgIpc) is 2.64. The van der Waals surface area contributed by atoms with Crippen molar-refractivity contribution in [2.45, 2.75) is 43.1 Å². The molecule has 0 N–H and O–H groups in total. The summed E-state index contributed by atoms with van der Waals surface area (Å²) < 4.78 is 4.51. The van der Waals surface area contributed by atoms with Gasteiger partial charge in [0.1, 0.15) is 0 Å². The number of benzene rings is 1. The molecule has 1 aromatic heterocycles. The second-order valence-corrected chi connectivity index (χ2v) is 6.38. The first-order valence-corrected chi connectivity index (χ1v) is 7.77. The van der Waals surface area contributed by atoms with Crippen LogP contribution in [0.5, 0.6) is 0 Å². The minimum Gasteiger partial charge on any atom is -0.245 e. The second kappa shape index (κ2) is 4.63. The molecule has 0 radical (unpaired) electrons. The van der Waals surface area contributed by atoms with Crippen molar-refractivity contribution in [2.24, 2.45) is 0 Å². The van der Waals surface area contributed by atoms with E-state index in [-0.39, 0.29) is 28.8 Å². The third-order valence-electron chi connectivity index (χ3n) is 4.67. The minimum atomic E-state index is -0.270. The highest BCUT2D eigenvalue weighted by molar-refractivity contribution is 6.20. The Bertz CT molecular complexity index is 789. The van der Waals surface area contributed by atoms with Gasteiger partial charge in [0.25, 0.3) is 0 Å². The second-order valence-electron chi connectivity index (χ2n) is 5.82. The summed E-state index contributed by atoms with van der Waals surface area (Å²) in [5.41, 5.74) is 0.103. The van der Waals surface area contributed by atoms with E-state index in [0.29, 0.717) is 5.69 Å². The molecule has 1 fully saturated rings. The van der Waals surface area contributed by atoms with Crippen molar-refractivity contribution < 1.29 is 0 Å². The van der Waals surface area contributed by atoms with Crippen molar-refractivity contribution in [3.05, 3.63) is 51.3 Å². The highest BCUT2D eigenvalue weighted by Gasteiger charge is 2.39. The van der Waals surface area contributed by atoms with E-state index >= 15 is 0 Å². The summed E-state index contributed by atoms with van der Waals surface area (Å²) in [6.45, 7) is 0. The molecule has 3 heterocycles. The maximum absolute atomic E-state index is 12.8. The molecular formula is C15H16ClN3O2. The molecule has 2 aliphatic heterocycles. The van der Waals surface area contributed by atoms with Crippen molar-refractivity contribution in [1.82, 2.24) is 13.9 Å². The summed E-state index contributed by atoms with van der Waals surface area (Å²) in [4.78, 5) is 25.5. The Kier molecular flexibility index (Phi) is 2.85. The lowest BCUT2D eigenvalue weighted by Crippen LogP contribution is -2.37. The van der Waals surface area contributed by atoms with Crippen molar-refractivity contribution in [3.8, 4) is 5.69 Å². The molecule has 0 saturated heterocycles. The van der Waals surface area contributed by atoms with E-state index in [4.69, 9.17) is 11.6 Å². The fraction of sp³-hybridized carbons (Fsp3) is 0.467. The zero-order valence-corrected chi connectivity index (χ0v) is 12.2. The smallest absolute Gasteiger partial charge is 0.245 e. The maximum atomic E-state index is 12.8. The molecule has 5 rings (SSSR count). The van der Waals surface area contributed by atoms with Crippen LogP contribution in [0, 0.1) is 0 Å². The molecule has 0 spiro atoms. The molecule has 3 aliphatic rings. The third kappa shape index (κ3) is 1.77. The van der Waals surface area contributed by atoms with Gasteiger partial charge in [-0.1, -0.05) is 18.2 Å². The molecule has 1 aromatic carbocycles. The third-order valence-corrected chi connectivity index (χ3v) is 5.18. The van der Waals surface area contributed by atoms with Gasteiger partial charge >= 0.3 is 11.4 Å². The number of fused-ring (bicyclic) bond motifs is 3. The van der Waals surface area contributed by atoms with Gasteiger partial charge in [-0.2, -0.15) is 0 Å². The van der Waals surface area contributed by atoms with E-state index in [2.05, 4.69) is 0 Å². The van der Waals surface area contributed by atoms with Crippen LogP contribution >= 0.6 is 11.6 Å². The molecule has 1 saturated carbocycles. The largest absolute Gasteiger partial charge is 0.352 e. The predicted octanol–water partition coefficient (Wildman–Crippen LogP) is 2.08. The van der Waals surface area contributed by atoms with Crippen molar-refractivity contribution in [3.63, 3.8) is 0 Å². The molecule has 21 heavy (non-hydrogen) atoms. The summed E-state index contributed by atoms with van der Waals surface area (Å²) in [7, 11) is 0. The summed E-state index contributed by atoms with van der Waals surface area (Å²) in [6.07, 6.45) is 3.52. The summed E-state index contributed by atoms with van der Waals surface area (Å²) in [6, 6.07) is 9.10. The van der Waals surface area contributed by atoms with Gasteiger partial charge < -0.3 is 0 Å². The van der Waals surface area contributed by atoms with E-state index in [0.717, 1.165) is 25.7 Å². The number of hydrogen-bond acceptors (Lipinski definition) is 2. The highest BCUT2D eigenvalue weighted by atomic mass is 35.5. The molecule has 3 atom stereocenters. The molecule has 2 aromatic rings. The van der Waals surface area contributed by atoms with Crippen LogP contribution in [0.15, 0.2) is 39.9 Å². The Morgan fingerprint density at radius 1 is 0.905 bits per heavy atom. The monoisotopic (exact) mass is 305 g/mol. The van der Waals surface area contributed by atoms with Gasteiger partial charge in [-0.15, -0.1) is 11.6 Å². The molecule has 0 amide bonds. The highest BCUT2D eigenvalue weighted by Crippen LogP contribution is 2.39. The topological polar surface area (TPSA) is 48.9 Å². The van der Waals surface area contributed by atoms with Gasteiger partial charge in [0.15, 0.2) is 0 Å². The lowest BCUT2D eigenvalue weighted by Gasteiger charge is -2.28. The van der Waals surface area contributed by atoms with Crippen LogP contribution in [0.3, 0.4) is 0 Å². The van der Waals surface area contributed by atoms with Gasteiger partial charge in [-0.05, 0) is 37.8 Å². The number of hydrogen-bond donors (Lipinski definition) is 0. The van der Waals surface area contributed by atoms with Crippen LogP contribution in [-0.2, 0) is 0 Å². The first-order valence-electron chi connectivity index (χ1n) is 7.34. The van der Waals surface area contributed by atoms with Gasteiger partial charge in [0.2, 0.25) is 0 Å². The SMILES string of the molecule is O=c1n(-c2ccccc2)c(=O)n2n1[C@H]1CC[C@H](Cl)[C@@H]2CC1. The number of aromatic nitrogens is 3. The van der Waals surface area contributed by atoms with Crippen molar-refractivity contribution >= 4 is 11.6 Å². The average molecular weight is 306 g/mol. The molecule has 6 heteroatoms. The van der Waals surface area contributed by atoms with E-state index in [1.165, 1.54) is 4.57 Å². The van der Waals surface area contributed by atoms with E-state index in [9.17, 15) is 9.59 Å². The van der Waals surface area contributed by atoms with Gasteiger partial charge in [-0.3, -0.25) is 0 Å². The number of rotatable bonds is 1. The fourth-order valence-electron chi connectivity index (χ4n) is 3.66. The van der Waals surface area contributed by atoms with Crippen LogP contribution in [0.25, 0.3) is 5.69 Å². The number of halogens is 1. The molecule has 0 unspecified atom stereocenters. The summed E-state index contributed by atoms with van der Waals surface area (Å²) >= 11 is 6.44. The normalized spacial score (nSPS) is 27.4. The standard InChI is InChI=1S/C15H16ClN3O2/c16-12-8-6-11-7-9-13(12)19-15(21)17(14(20)18(11)19)10-4-2-1-3-5-10/h1-5,11-13H,6-9H2/t11-,12-,13-/m0/s1. The van der Waals surface area contributed by atoms with Crippen LogP contribution in [0.2, 0.25) is 0 Å². The molecule has 2 bridgehead atoms. The zero-order valence-electron chi connectivity index (χ0n) is 11.5. The van der Waals surface area contributed by atoms with E-state index in [1.54, 1.807) is 21.5 Å². The first-order chi connectivity index (χ1) is 10.2. The number of para-hydroxylation sites is 1. The van der Waals surface area contributed by atoms with Crippen LogP contribution in [0.1, 0.15) is 37.8 Å². The van der Waals surface area contributed by atoms with E-state index in [1.807, 2.05) is 18.2 Å². The molecule has 5 nitrogen and oxygen atoms in total. The minimum absolute atomic E-state index is 0.0735. The summed E-state index contributed by atoms with van der Waals surface area (Å²) in [5, 5.41) is -0.0764. The van der Waals surface area contributed by atoms with Crippen LogP contribution in [-0.4, -0.2) is 19.3 Å². The Morgan fingerprint density at radius 3 is 2.33 bits per heavy atom. The lowest BCUT2D eigenvalue weighted by atomic mass is 10.1. The Labute approximate surface area is 126 Å². The summed E-state index contributed by atoms with van der Waals surface area (Å²) in [5.74, 6) is 0. The number of alkyl halides is 1. The van der Waals surface area contributed by atoms with Crippen LogP contribution in [0.4, 0.5) is 0 Å². The van der Waals surface area contributed by atoms with Crippen molar-refractivity contribution in [2.75, 3.05) is 0 Å². The maximum Gasteiger partial charge on any atom is 0.352 e. The quantitative estimate of drug-likeness (QED) is 0.757. The van der Waals surface area contributed by atoms with Gasteiger partial charge in [0, 0.05) is 0 Å². The van der Waals surface area contributed by atoms with Crippen molar-refractivity contribution in [1.29, 1.82) is 0 Å². The Balaban J connectivity index is 2.01. The molecule has 110 valence electrons. The predicted molar refractivity (Wildman–Crippen MR) is 80.5 cm³/mol. The van der Waals surface area contributed by atoms with Gasteiger partial charge in [-0.25, -0.2) is 23.5 Å². The Morgan fingerprint density at radius 2 is 1.57 bits per heavy atom. The van der Waals surface area contributed by atoms with E-state index < -0.39 is 0 Å². The zero-order chi connectivity index (χ0) is 14.6. The van der Waals surface area contributed by atoms with Crippen LogP contribution < -0.4 is 11.4 Å². The fourth-order valence-corrected chi connectivity index (χ4v) is 4.01. The molecular weight excluding hydrogens is 290 g/mol. The lowest BCUT2D eigenvalue weighted by molar-refractivity contribution is 0.242. The first kappa shape index (κ1) is 13.0.